The average Bonchev–Trinajstić information content (AvgIpc) is 3.15. The van der Waals surface area contributed by atoms with Gasteiger partial charge < -0.3 is 9.73 Å². The molecule has 1 aliphatic rings. The number of anilines is 1. The van der Waals surface area contributed by atoms with Crippen LogP contribution < -0.4 is 5.32 Å². The molecule has 0 bridgehead atoms. The maximum atomic E-state index is 12.6. The first-order chi connectivity index (χ1) is 12.8. The molecule has 1 amide bonds. The number of carbonyl (C=O) groups is 1. The van der Waals surface area contributed by atoms with Crippen molar-refractivity contribution in [3.63, 3.8) is 0 Å². The quantitative estimate of drug-likeness (QED) is 0.615. The molecule has 2 aromatic rings. The summed E-state index contributed by atoms with van der Waals surface area (Å²) in [6, 6.07) is 6.80. The third kappa shape index (κ3) is 4.01. The molecule has 0 saturated carbocycles. The van der Waals surface area contributed by atoms with Crippen LogP contribution in [0.2, 0.25) is 0 Å². The van der Waals surface area contributed by atoms with Crippen LogP contribution >= 0.6 is 0 Å². The van der Waals surface area contributed by atoms with Gasteiger partial charge >= 0.3 is 0 Å². The van der Waals surface area contributed by atoms with Gasteiger partial charge in [-0.1, -0.05) is 12.5 Å². The number of nitro benzene ring substituents is 1. The lowest BCUT2D eigenvalue weighted by molar-refractivity contribution is -0.385. The first kappa shape index (κ1) is 19.1. The molecule has 0 atom stereocenters. The van der Waals surface area contributed by atoms with Gasteiger partial charge in [-0.15, -0.1) is 0 Å². The van der Waals surface area contributed by atoms with Crippen LogP contribution in [-0.4, -0.2) is 36.6 Å². The molecular weight excluding hydrogens is 374 g/mol. The molecule has 2 heterocycles. The minimum absolute atomic E-state index is 0.124. The molecule has 10 heteroatoms. The number of piperidine rings is 1. The number of nitrogens with zero attached hydrogens (tertiary/aromatic N) is 2. The van der Waals surface area contributed by atoms with Crippen LogP contribution in [0.5, 0.6) is 0 Å². The number of furan rings is 1. The molecule has 3 rings (SSSR count). The molecule has 0 unspecified atom stereocenters. The van der Waals surface area contributed by atoms with Crippen LogP contribution in [0, 0.1) is 17.0 Å². The van der Waals surface area contributed by atoms with Gasteiger partial charge in [-0.25, -0.2) is 8.42 Å². The van der Waals surface area contributed by atoms with E-state index in [0.29, 0.717) is 18.7 Å². The highest BCUT2D eigenvalue weighted by atomic mass is 32.2. The van der Waals surface area contributed by atoms with Gasteiger partial charge in [0, 0.05) is 30.4 Å². The van der Waals surface area contributed by atoms with E-state index in [-0.39, 0.29) is 22.2 Å². The molecule has 144 valence electrons. The molecule has 9 nitrogen and oxygen atoms in total. The average molecular weight is 393 g/mol. The predicted molar refractivity (Wildman–Crippen MR) is 97.1 cm³/mol. The molecule has 1 aromatic heterocycles. The van der Waals surface area contributed by atoms with Crippen molar-refractivity contribution in [2.75, 3.05) is 18.4 Å². The highest BCUT2D eigenvalue weighted by Crippen LogP contribution is 2.25. The standard InChI is InChI=1S/C17H19N3O6S/c1-12-5-6-13(11-14(12)20(22)23)18-17(21)15-7-8-16(26-15)27(24,25)19-9-3-2-4-10-19/h5-8,11H,2-4,9-10H2,1H3,(H,18,21). The zero-order valence-electron chi connectivity index (χ0n) is 14.7. The highest BCUT2D eigenvalue weighted by Gasteiger charge is 2.29. The summed E-state index contributed by atoms with van der Waals surface area (Å²) in [5.41, 5.74) is 0.556. The SMILES string of the molecule is Cc1ccc(NC(=O)c2ccc(S(=O)(=O)N3CCCCC3)o2)cc1[N+](=O)[O-]. The number of amides is 1. The minimum Gasteiger partial charge on any atom is -0.438 e. The minimum atomic E-state index is -3.77. The molecule has 0 spiro atoms. The Labute approximate surface area is 156 Å². The van der Waals surface area contributed by atoms with Crippen molar-refractivity contribution in [2.45, 2.75) is 31.3 Å². The monoisotopic (exact) mass is 393 g/mol. The molecule has 1 aliphatic heterocycles. The molecule has 0 aliphatic carbocycles. The molecule has 1 fully saturated rings. The highest BCUT2D eigenvalue weighted by molar-refractivity contribution is 7.89. The first-order valence-corrected chi connectivity index (χ1v) is 9.89. The Morgan fingerprint density at radius 1 is 1.19 bits per heavy atom. The van der Waals surface area contributed by atoms with Crippen LogP contribution in [0.25, 0.3) is 0 Å². The summed E-state index contributed by atoms with van der Waals surface area (Å²) < 4.78 is 31.7. The number of hydrogen-bond donors (Lipinski definition) is 1. The Balaban J connectivity index is 1.77. The van der Waals surface area contributed by atoms with Gasteiger partial charge in [0.1, 0.15) is 0 Å². The summed E-state index contributed by atoms with van der Waals surface area (Å²) >= 11 is 0. The Morgan fingerprint density at radius 3 is 2.56 bits per heavy atom. The van der Waals surface area contributed by atoms with E-state index in [1.165, 1.54) is 34.6 Å². The van der Waals surface area contributed by atoms with Gasteiger partial charge in [-0.2, -0.15) is 4.31 Å². The number of sulfonamides is 1. The van der Waals surface area contributed by atoms with Crippen LogP contribution in [0.15, 0.2) is 39.8 Å². The van der Waals surface area contributed by atoms with Crippen molar-refractivity contribution in [2.24, 2.45) is 0 Å². The second-order valence-electron chi connectivity index (χ2n) is 6.30. The summed E-state index contributed by atoms with van der Waals surface area (Å²) in [5.74, 6) is -0.873. The fourth-order valence-electron chi connectivity index (χ4n) is 2.89. The zero-order valence-corrected chi connectivity index (χ0v) is 15.5. The van der Waals surface area contributed by atoms with Crippen LogP contribution in [0.1, 0.15) is 35.4 Å². The predicted octanol–water partition coefficient (Wildman–Crippen LogP) is 2.92. The summed E-state index contributed by atoms with van der Waals surface area (Å²) in [7, 11) is -3.77. The van der Waals surface area contributed by atoms with Crippen molar-refractivity contribution in [1.82, 2.24) is 4.31 Å². The van der Waals surface area contributed by atoms with E-state index >= 15 is 0 Å². The summed E-state index contributed by atoms with van der Waals surface area (Å²) in [6.45, 7) is 2.45. The van der Waals surface area contributed by atoms with E-state index in [9.17, 15) is 23.3 Å². The van der Waals surface area contributed by atoms with Crippen molar-refractivity contribution in [3.05, 3.63) is 51.8 Å². The second-order valence-corrected chi connectivity index (χ2v) is 8.16. The molecule has 1 aromatic carbocycles. The first-order valence-electron chi connectivity index (χ1n) is 8.45. The lowest BCUT2D eigenvalue weighted by Crippen LogP contribution is -2.35. The normalized spacial score (nSPS) is 15.4. The van der Waals surface area contributed by atoms with Gasteiger partial charge in [-0.05, 0) is 38.0 Å². The third-order valence-corrected chi connectivity index (χ3v) is 6.15. The van der Waals surface area contributed by atoms with Crippen molar-refractivity contribution >= 4 is 27.3 Å². The smallest absolute Gasteiger partial charge is 0.291 e. The maximum absolute atomic E-state index is 12.6. The number of rotatable bonds is 5. The Kier molecular flexibility index (Phi) is 5.29. The zero-order chi connectivity index (χ0) is 19.6. The van der Waals surface area contributed by atoms with E-state index in [0.717, 1.165) is 19.3 Å². The number of carbonyl (C=O) groups excluding carboxylic acids is 1. The number of hydrogen-bond acceptors (Lipinski definition) is 6. The van der Waals surface area contributed by atoms with Crippen molar-refractivity contribution in [3.8, 4) is 0 Å². The van der Waals surface area contributed by atoms with Gasteiger partial charge in [0.05, 0.1) is 4.92 Å². The topological polar surface area (TPSA) is 123 Å². The van der Waals surface area contributed by atoms with Gasteiger partial charge in [0.15, 0.2) is 5.76 Å². The van der Waals surface area contributed by atoms with E-state index in [1.807, 2.05) is 0 Å². The molecule has 1 saturated heterocycles. The van der Waals surface area contributed by atoms with E-state index in [1.54, 1.807) is 6.92 Å². The van der Waals surface area contributed by atoms with Crippen molar-refractivity contribution in [1.29, 1.82) is 0 Å². The van der Waals surface area contributed by atoms with Crippen LogP contribution in [-0.2, 0) is 10.0 Å². The largest absolute Gasteiger partial charge is 0.438 e. The van der Waals surface area contributed by atoms with Gasteiger partial charge in [0.25, 0.3) is 21.6 Å². The van der Waals surface area contributed by atoms with Crippen LogP contribution in [0.4, 0.5) is 11.4 Å². The van der Waals surface area contributed by atoms with Crippen LogP contribution in [0.3, 0.4) is 0 Å². The van der Waals surface area contributed by atoms with Gasteiger partial charge in [-0.3, -0.25) is 14.9 Å². The summed E-state index contributed by atoms with van der Waals surface area (Å²) in [4.78, 5) is 22.8. The summed E-state index contributed by atoms with van der Waals surface area (Å²) in [5, 5.41) is 13.2. The van der Waals surface area contributed by atoms with Gasteiger partial charge in [0.2, 0.25) is 5.09 Å². The van der Waals surface area contributed by atoms with Crippen molar-refractivity contribution < 1.29 is 22.6 Å². The second kappa shape index (κ2) is 7.49. The fourth-order valence-corrected chi connectivity index (χ4v) is 4.32. The fraction of sp³-hybridized carbons (Fsp3) is 0.353. The lowest BCUT2D eigenvalue weighted by Gasteiger charge is -2.24. The number of nitrogens with one attached hydrogen (secondary N) is 1. The Morgan fingerprint density at radius 2 is 1.89 bits per heavy atom. The maximum Gasteiger partial charge on any atom is 0.291 e. The Bertz CT molecular complexity index is 976. The summed E-state index contributed by atoms with van der Waals surface area (Å²) in [6.07, 6.45) is 2.57. The van der Waals surface area contributed by atoms with E-state index in [4.69, 9.17) is 4.42 Å². The number of aryl methyl sites for hydroxylation is 1. The van der Waals surface area contributed by atoms with E-state index < -0.39 is 20.9 Å². The third-order valence-electron chi connectivity index (χ3n) is 4.38. The number of nitro groups is 1. The Hall–Kier alpha value is -2.72. The molecule has 1 N–H and O–H groups in total. The molecule has 27 heavy (non-hydrogen) atoms. The van der Waals surface area contributed by atoms with E-state index in [2.05, 4.69) is 5.32 Å². The number of benzene rings is 1. The molecular formula is C17H19N3O6S. The lowest BCUT2D eigenvalue weighted by atomic mass is 10.2. The molecule has 0 radical (unpaired) electrons.